The van der Waals surface area contributed by atoms with Crippen LogP contribution in [-0.2, 0) is 0 Å². The second-order valence-corrected chi connectivity index (χ2v) is 6.13. The number of nitrogens with one attached hydrogen (secondary N) is 1. The first-order valence-electron chi connectivity index (χ1n) is 8.18. The van der Waals surface area contributed by atoms with Crippen molar-refractivity contribution in [1.29, 1.82) is 0 Å². The molecule has 7 nitrogen and oxygen atoms in total. The number of methoxy groups -OCH3 is 2. The largest absolute Gasteiger partial charge is 0.497 e. The molecule has 0 aromatic heterocycles. The number of nitrogens with zero attached hydrogens (tertiary/aromatic N) is 3. The summed E-state index contributed by atoms with van der Waals surface area (Å²) >= 11 is 0. The van der Waals surface area contributed by atoms with Crippen molar-refractivity contribution >= 4 is 11.7 Å². The average molecular weight is 336 g/mol. The smallest absolute Gasteiger partial charge is 0.322 e. The molecule has 24 heavy (non-hydrogen) atoms. The molecule has 1 aromatic rings. The summed E-state index contributed by atoms with van der Waals surface area (Å²) in [4.78, 5) is 18.9. The first-order chi connectivity index (χ1) is 11.5. The van der Waals surface area contributed by atoms with Crippen LogP contribution in [0.5, 0.6) is 11.5 Å². The molecule has 1 fully saturated rings. The molecule has 1 aromatic carbocycles. The summed E-state index contributed by atoms with van der Waals surface area (Å²) in [7, 11) is 7.33. The van der Waals surface area contributed by atoms with Gasteiger partial charge in [0.1, 0.15) is 11.5 Å². The molecule has 1 heterocycles. The maximum Gasteiger partial charge on any atom is 0.322 e. The highest BCUT2D eigenvalue weighted by atomic mass is 16.5. The summed E-state index contributed by atoms with van der Waals surface area (Å²) in [6, 6.07) is 5.26. The van der Waals surface area contributed by atoms with Crippen molar-refractivity contribution in [3.8, 4) is 11.5 Å². The molecule has 1 saturated heterocycles. The third kappa shape index (κ3) is 5.01. The van der Waals surface area contributed by atoms with E-state index in [0.29, 0.717) is 17.2 Å². The zero-order chi connectivity index (χ0) is 17.5. The van der Waals surface area contributed by atoms with Crippen molar-refractivity contribution in [3.63, 3.8) is 0 Å². The number of likely N-dealkylation sites (N-methyl/N-ethyl adjacent to an activating group) is 1. The van der Waals surface area contributed by atoms with Crippen LogP contribution in [0.2, 0.25) is 0 Å². The standard InChI is InChI=1S/C17H28N4O3/c1-19(2)7-8-20-9-11-21(12-10-20)17(22)18-15-6-5-14(23-3)13-16(15)24-4/h5-6,13H,7-12H2,1-4H3,(H,18,22). The number of carbonyl (C=O) groups is 1. The van der Waals surface area contributed by atoms with Gasteiger partial charge in [-0.1, -0.05) is 0 Å². The van der Waals surface area contributed by atoms with Crippen molar-refractivity contribution in [2.45, 2.75) is 0 Å². The summed E-state index contributed by atoms with van der Waals surface area (Å²) in [5.74, 6) is 1.28. The minimum Gasteiger partial charge on any atom is -0.497 e. The van der Waals surface area contributed by atoms with Crippen LogP contribution >= 0.6 is 0 Å². The van der Waals surface area contributed by atoms with Gasteiger partial charge in [-0.05, 0) is 26.2 Å². The van der Waals surface area contributed by atoms with Crippen LogP contribution in [0.3, 0.4) is 0 Å². The number of benzene rings is 1. The van der Waals surface area contributed by atoms with E-state index in [1.54, 1.807) is 32.4 Å². The van der Waals surface area contributed by atoms with E-state index in [1.165, 1.54) is 0 Å². The lowest BCUT2D eigenvalue weighted by molar-refractivity contribution is 0.140. The van der Waals surface area contributed by atoms with Crippen molar-refractivity contribution in [2.24, 2.45) is 0 Å². The molecule has 0 radical (unpaired) electrons. The predicted octanol–water partition coefficient (Wildman–Crippen LogP) is 1.41. The molecule has 2 amide bonds. The summed E-state index contributed by atoms with van der Waals surface area (Å²) in [5.41, 5.74) is 0.651. The summed E-state index contributed by atoms with van der Waals surface area (Å²) < 4.78 is 10.5. The van der Waals surface area contributed by atoms with E-state index in [1.807, 2.05) is 4.90 Å². The highest BCUT2D eigenvalue weighted by molar-refractivity contribution is 5.91. The maximum absolute atomic E-state index is 12.5. The fraction of sp³-hybridized carbons (Fsp3) is 0.588. The molecule has 7 heteroatoms. The van der Waals surface area contributed by atoms with Gasteiger partial charge in [-0.3, -0.25) is 4.90 Å². The lowest BCUT2D eigenvalue weighted by Crippen LogP contribution is -2.51. The first kappa shape index (κ1) is 18.4. The molecular formula is C17H28N4O3. The fourth-order valence-electron chi connectivity index (χ4n) is 2.61. The van der Waals surface area contributed by atoms with Crippen molar-refractivity contribution < 1.29 is 14.3 Å². The number of amides is 2. The monoisotopic (exact) mass is 336 g/mol. The molecule has 1 aliphatic rings. The number of ether oxygens (including phenoxy) is 2. The Bertz CT molecular complexity index is 543. The second kappa shape index (κ2) is 8.75. The van der Waals surface area contributed by atoms with Gasteiger partial charge in [0, 0.05) is 45.3 Å². The third-order valence-electron chi connectivity index (χ3n) is 4.17. The lowest BCUT2D eigenvalue weighted by atomic mass is 10.2. The summed E-state index contributed by atoms with van der Waals surface area (Å²) in [6.45, 7) is 5.35. The van der Waals surface area contributed by atoms with Crippen LogP contribution in [-0.4, -0.2) is 88.3 Å². The molecule has 0 unspecified atom stereocenters. The summed E-state index contributed by atoms with van der Waals surface area (Å²) in [5, 5.41) is 2.93. The fourth-order valence-corrected chi connectivity index (χ4v) is 2.61. The number of hydrogen-bond acceptors (Lipinski definition) is 5. The Hall–Kier alpha value is -1.99. The van der Waals surface area contributed by atoms with E-state index in [9.17, 15) is 4.79 Å². The number of piperazine rings is 1. The van der Waals surface area contributed by atoms with Crippen LogP contribution in [0.25, 0.3) is 0 Å². The van der Waals surface area contributed by atoms with Crippen LogP contribution < -0.4 is 14.8 Å². The molecule has 1 N–H and O–H groups in total. The zero-order valence-electron chi connectivity index (χ0n) is 15.0. The quantitative estimate of drug-likeness (QED) is 0.851. The Kier molecular flexibility index (Phi) is 6.69. The van der Waals surface area contributed by atoms with E-state index < -0.39 is 0 Å². The molecule has 0 atom stereocenters. The number of anilines is 1. The zero-order valence-corrected chi connectivity index (χ0v) is 15.0. The van der Waals surface area contributed by atoms with E-state index in [-0.39, 0.29) is 6.03 Å². The van der Waals surface area contributed by atoms with Gasteiger partial charge in [0.2, 0.25) is 0 Å². The van der Waals surface area contributed by atoms with Gasteiger partial charge < -0.3 is 24.6 Å². The highest BCUT2D eigenvalue weighted by Crippen LogP contribution is 2.29. The maximum atomic E-state index is 12.5. The van der Waals surface area contributed by atoms with E-state index in [2.05, 4.69) is 29.2 Å². The summed E-state index contributed by atoms with van der Waals surface area (Å²) in [6.07, 6.45) is 0. The first-order valence-corrected chi connectivity index (χ1v) is 8.18. The van der Waals surface area contributed by atoms with Gasteiger partial charge in [-0.25, -0.2) is 4.79 Å². The van der Waals surface area contributed by atoms with Gasteiger partial charge in [0.25, 0.3) is 0 Å². The van der Waals surface area contributed by atoms with E-state index >= 15 is 0 Å². The molecule has 0 spiro atoms. The van der Waals surface area contributed by atoms with Gasteiger partial charge >= 0.3 is 6.03 Å². The number of carbonyl (C=O) groups excluding carboxylic acids is 1. The van der Waals surface area contributed by atoms with Gasteiger partial charge in [0.05, 0.1) is 19.9 Å². The Morgan fingerprint density at radius 2 is 1.88 bits per heavy atom. The molecule has 0 aliphatic carbocycles. The number of rotatable bonds is 6. The van der Waals surface area contributed by atoms with Gasteiger partial charge in [-0.2, -0.15) is 0 Å². The predicted molar refractivity (Wildman–Crippen MR) is 95.1 cm³/mol. The Morgan fingerprint density at radius 1 is 1.17 bits per heavy atom. The van der Waals surface area contributed by atoms with Gasteiger partial charge in [0.15, 0.2) is 0 Å². The number of urea groups is 1. The molecule has 2 rings (SSSR count). The Labute approximate surface area is 144 Å². The van der Waals surface area contributed by atoms with Crippen LogP contribution in [0.1, 0.15) is 0 Å². The highest BCUT2D eigenvalue weighted by Gasteiger charge is 2.21. The second-order valence-electron chi connectivity index (χ2n) is 6.13. The molecule has 0 bridgehead atoms. The normalized spacial score (nSPS) is 15.5. The Balaban J connectivity index is 1.87. The number of hydrogen-bond donors (Lipinski definition) is 1. The third-order valence-corrected chi connectivity index (χ3v) is 4.17. The van der Waals surface area contributed by atoms with Crippen LogP contribution in [0, 0.1) is 0 Å². The molecular weight excluding hydrogens is 308 g/mol. The van der Waals surface area contributed by atoms with Crippen molar-refractivity contribution in [3.05, 3.63) is 18.2 Å². The SMILES string of the molecule is COc1ccc(NC(=O)N2CCN(CCN(C)C)CC2)c(OC)c1. The molecule has 0 saturated carbocycles. The topological polar surface area (TPSA) is 57.3 Å². The van der Waals surface area contributed by atoms with Gasteiger partial charge in [-0.15, -0.1) is 0 Å². The average Bonchev–Trinajstić information content (AvgIpc) is 2.60. The Morgan fingerprint density at radius 3 is 2.46 bits per heavy atom. The lowest BCUT2D eigenvalue weighted by Gasteiger charge is -2.35. The van der Waals surface area contributed by atoms with Crippen molar-refractivity contribution in [1.82, 2.24) is 14.7 Å². The molecule has 134 valence electrons. The molecule has 1 aliphatic heterocycles. The minimum atomic E-state index is -0.0919. The van der Waals surface area contributed by atoms with Crippen molar-refractivity contribution in [2.75, 3.05) is 72.9 Å². The minimum absolute atomic E-state index is 0.0919. The van der Waals surface area contributed by atoms with Crippen LogP contribution in [0.15, 0.2) is 18.2 Å². The van der Waals surface area contributed by atoms with Crippen LogP contribution in [0.4, 0.5) is 10.5 Å². The van der Waals surface area contributed by atoms with E-state index in [0.717, 1.165) is 39.3 Å². The van der Waals surface area contributed by atoms with E-state index in [4.69, 9.17) is 9.47 Å².